The highest BCUT2D eigenvalue weighted by atomic mass is 16.5. The summed E-state index contributed by atoms with van der Waals surface area (Å²) in [5.41, 5.74) is 2.31. The van der Waals surface area contributed by atoms with Gasteiger partial charge in [-0.2, -0.15) is 0 Å². The number of hydrogen-bond donors (Lipinski definition) is 0. The molecule has 0 aromatic heterocycles. The first-order chi connectivity index (χ1) is 16.5. The number of rotatable bonds is 7. The molecule has 1 saturated heterocycles. The van der Waals surface area contributed by atoms with Crippen molar-refractivity contribution in [1.82, 2.24) is 9.80 Å². The maximum absolute atomic E-state index is 13.6. The molecule has 0 saturated carbocycles. The second-order valence-corrected chi connectivity index (χ2v) is 9.63. The highest BCUT2D eigenvalue weighted by molar-refractivity contribution is 5.88. The molecular weight excluding hydrogens is 428 g/mol. The Labute approximate surface area is 202 Å². The maximum atomic E-state index is 13.6. The minimum Gasteiger partial charge on any atom is -0.490 e. The highest BCUT2D eigenvalue weighted by Crippen LogP contribution is 2.30. The van der Waals surface area contributed by atoms with Gasteiger partial charge in [0.15, 0.2) is 11.5 Å². The molecule has 1 unspecified atom stereocenters. The van der Waals surface area contributed by atoms with Crippen molar-refractivity contribution in [2.45, 2.75) is 65.1 Å². The Bertz CT molecular complexity index is 997. The van der Waals surface area contributed by atoms with Gasteiger partial charge >= 0.3 is 0 Å². The summed E-state index contributed by atoms with van der Waals surface area (Å²) in [6.45, 7) is 8.40. The summed E-state index contributed by atoms with van der Waals surface area (Å²) >= 11 is 0. The molecule has 0 spiro atoms. The van der Waals surface area contributed by atoms with E-state index in [1.807, 2.05) is 67.0 Å². The van der Waals surface area contributed by atoms with Crippen molar-refractivity contribution in [3.63, 3.8) is 0 Å². The van der Waals surface area contributed by atoms with E-state index in [1.54, 1.807) is 0 Å². The summed E-state index contributed by atoms with van der Waals surface area (Å²) in [6.07, 6.45) is 2.60. The summed E-state index contributed by atoms with van der Waals surface area (Å²) in [5, 5.41) is 0. The van der Waals surface area contributed by atoms with E-state index in [4.69, 9.17) is 9.47 Å². The molecule has 0 radical (unpaired) electrons. The summed E-state index contributed by atoms with van der Waals surface area (Å²) in [7, 11) is 0. The molecule has 0 N–H and O–H groups in total. The topological polar surface area (TPSA) is 59.1 Å². The molecule has 2 aromatic carbocycles. The van der Waals surface area contributed by atoms with Gasteiger partial charge in [0.2, 0.25) is 11.8 Å². The van der Waals surface area contributed by atoms with Gasteiger partial charge < -0.3 is 19.3 Å². The van der Waals surface area contributed by atoms with Crippen molar-refractivity contribution in [3.05, 3.63) is 59.7 Å². The lowest BCUT2D eigenvalue weighted by molar-refractivity contribution is -0.148. The molecule has 6 nitrogen and oxygen atoms in total. The fraction of sp³-hybridized carbons (Fsp3) is 0.500. The monoisotopic (exact) mass is 464 g/mol. The van der Waals surface area contributed by atoms with Crippen molar-refractivity contribution in [1.29, 1.82) is 0 Å². The molecule has 1 atom stereocenters. The van der Waals surface area contributed by atoms with E-state index >= 15 is 0 Å². The Kier molecular flexibility index (Phi) is 7.76. The number of fused-ring (bicyclic) bond motifs is 1. The van der Waals surface area contributed by atoms with Crippen LogP contribution < -0.4 is 9.47 Å². The largest absolute Gasteiger partial charge is 0.490 e. The fourth-order valence-corrected chi connectivity index (χ4v) is 4.88. The fourth-order valence-electron chi connectivity index (χ4n) is 4.88. The summed E-state index contributed by atoms with van der Waals surface area (Å²) in [5.74, 6) is 1.88. The molecule has 2 amide bonds. The van der Waals surface area contributed by atoms with Crippen LogP contribution in [0.15, 0.2) is 48.5 Å². The lowest BCUT2D eigenvalue weighted by atomic mass is 9.92. The van der Waals surface area contributed by atoms with Crippen molar-refractivity contribution in [2.75, 3.05) is 19.7 Å². The Balaban J connectivity index is 1.42. The van der Waals surface area contributed by atoms with Gasteiger partial charge in [-0.3, -0.25) is 9.59 Å². The third-order valence-electron chi connectivity index (χ3n) is 6.63. The van der Waals surface area contributed by atoms with Crippen molar-refractivity contribution < 1.29 is 19.1 Å². The number of nitrogens with zero attached hydrogens (tertiary/aromatic N) is 2. The van der Waals surface area contributed by atoms with Crippen LogP contribution in [-0.4, -0.2) is 53.5 Å². The molecule has 2 aromatic rings. The van der Waals surface area contributed by atoms with Crippen LogP contribution in [0.3, 0.4) is 0 Å². The maximum Gasteiger partial charge on any atom is 0.245 e. The molecular formula is C28H36N2O4. The van der Waals surface area contributed by atoms with E-state index in [1.165, 1.54) is 5.56 Å². The average molecular weight is 465 g/mol. The van der Waals surface area contributed by atoms with Gasteiger partial charge in [-0.15, -0.1) is 0 Å². The van der Waals surface area contributed by atoms with Crippen LogP contribution in [0.4, 0.5) is 0 Å². The van der Waals surface area contributed by atoms with Gasteiger partial charge in [0, 0.05) is 45.3 Å². The van der Waals surface area contributed by atoms with Crippen LogP contribution in [0, 0.1) is 5.92 Å². The van der Waals surface area contributed by atoms with Crippen LogP contribution in [0.1, 0.15) is 51.2 Å². The van der Waals surface area contributed by atoms with Gasteiger partial charge in [-0.05, 0) is 36.1 Å². The van der Waals surface area contributed by atoms with Crippen LogP contribution in [0.5, 0.6) is 11.5 Å². The number of amides is 2. The third kappa shape index (κ3) is 5.54. The summed E-state index contributed by atoms with van der Waals surface area (Å²) in [4.78, 5) is 30.4. The van der Waals surface area contributed by atoms with Crippen LogP contribution in [0.25, 0.3) is 0 Å². The lowest BCUT2D eigenvalue weighted by Crippen LogP contribution is -2.55. The third-order valence-corrected chi connectivity index (χ3v) is 6.63. The van der Waals surface area contributed by atoms with Gasteiger partial charge in [0.05, 0.1) is 6.61 Å². The zero-order valence-electron chi connectivity index (χ0n) is 20.5. The predicted octanol–water partition coefficient (Wildman–Crippen LogP) is 4.45. The first kappa shape index (κ1) is 24.1. The first-order valence-electron chi connectivity index (χ1n) is 12.5. The average Bonchev–Trinajstić information content (AvgIpc) is 2.84. The first-order valence-corrected chi connectivity index (χ1v) is 12.5. The second kappa shape index (κ2) is 10.9. The summed E-state index contributed by atoms with van der Waals surface area (Å²) < 4.78 is 11.9. The van der Waals surface area contributed by atoms with E-state index in [0.29, 0.717) is 39.1 Å². The van der Waals surface area contributed by atoms with Crippen molar-refractivity contribution in [2.24, 2.45) is 5.92 Å². The molecule has 6 heteroatoms. The molecule has 0 aliphatic carbocycles. The number of carbonyl (C=O) groups excluding carboxylic acids is 2. The minimum absolute atomic E-state index is 0.0383. The normalized spacial score (nSPS) is 18.5. The number of carbonyl (C=O) groups is 2. The molecule has 2 aliphatic heterocycles. The van der Waals surface area contributed by atoms with Crippen molar-refractivity contribution >= 4 is 11.8 Å². The lowest BCUT2D eigenvalue weighted by Gasteiger charge is -2.41. The van der Waals surface area contributed by atoms with Gasteiger partial charge in [0.25, 0.3) is 0 Å². The smallest absolute Gasteiger partial charge is 0.245 e. The van der Waals surface area contributed by atoms with Crippen molar-refractivity contribution in [3.8, 4) is 11.5 Å². The van der Waals surface area contributed by atoms with E-state index in [9.17, 15) is 9.59 Å². The standard InChI is InChI=1S/C28H36N2O4/c1-4-33-25-11-7-8-12-26(25)34-23-13-15-29(16-14-23)28(32)24-18-21-9-5-6-10-22(21)19-30(24)27(31)17-20(2)3/h5-12,20,23-24H,4,13-19H2,1-3H3. The quantitative estimate of drug-likeness (QED) is 0.607. The molecule has 1 fully saturated rings. The molecule has 0 bridgehead atoms. The Morgan fingerprint density at radius 1 is 0.971 bits per heavy atom. The minimum atomic E-state index is -0.433. The molecule has 182 valence electrons. The molecule has 2 heterocycles. The van der Waals surface area contributed by atoms with Crippen LogP contribution in [0.2, 0.25) is 0 Å². The number of likely N-dealkylation sites (tertiary alicyclic amines) is 1. The van der Waals surface area contributed by atoms with Gasteiger partial charge in [0.1, 0.15) is 12.1 Å². The molecule has 2 aliphatic rings. The van der Waals surface area contributed by atoms with Gasteiger partial charge in [-0.1, -0.05) is 50.2 Å². The zero-order valence-corrected chi connectivity index (χ0v) is 20.5. The van der Waals surface area contributed by atoms with Gasteiger partial charge in [-0.25, -0.2) is 0 Å². The Morgan fingerprint density at radius 3 is 2.29 bits per heavy atom. The molecule has 4 rings (SSSR count). The van der Waals surface area contributed by atoms with E-state index < -0.39 is 6.04 Å². The number of para-hydroxylation sites is 2. The number of piperidine rings is 1. The number of hydrogen-bond acceptors (Lipinski definition) is 4. The van der Waals surface area contributed by atoms with Crippen LogP contribution in [-0.2, 0) is 22.6 Å². The second-order valence-electron chi connectivity index (χ2n) is 9.63. The highest BCUT2D eigenvalue weighted by Gasteiger charge is 2.38. The van der Waals surface area contributed by atoms with E-state index in [-0.39, 0.29) is 23.8 Å². The zero-order chi connectivity index (χ0) is 24.1. The summed E-state index contributed by atoms with van der Waals surface area (Å²) in [6, 6.07) is 15.5. The molecule has 34 heavy (non-hydrogen) atoms. The number of benzene rings is 2. The van der Waals surface area contributed by atoms with Crippen LogP contribution >= 0.6 is 0 Å². The predicted molar refractivity (Wildman–Crippen MR) is 132 cm³/mol. The Hall–Kier alpha value is -3.02. The number of ether oxygens (including phenoxy) is 2. The van der Waals surface area contributed by atoms with E-state index in [2.05, 4.69) is 12.1 Å². The SMILES string of the molecule is CCOc1ccccc1OC1CCN(C(=O)C2Cc3ccccc3CN2C(=O)CC(C)C)CC1. The Morgan fingerprint density at radius 2 is 1.62 bits per heavy atom. The van der Waals surface area contributed by atoms with E-state index in [0.717, 1.165) is 29.9 Å².